The second kappa shape index (κ2) is 7.30. The average molecular weight is 260 g/mol. The smallest absolute Gasteiger partial charge is 0.00942 e. The van der Waals surface area contributed by atoms with Crippen molar-refractivity contribution < 1.29 is 0 Å². The maximum absolute atomic E-state index is 3.82. The van der Waals surface area contributed by atoms with Crippen LogP contribution in [0.15, 0.2) is 73.8 Å². The summed E-state index contributed by atoms with van der Waals surface area (Å²) in [6, 6.07) is 16.9. The van der Waals surface area contributed by atoms with Crippen molar-refractivity contribution in [2.75, 3.05) is 0 Å². The highest BCUT2D eigenvalue weighted by molar-refractivity contribution is 5.72. The first kappa shape index (κ1) is 14.1. The fourth-order valence-electron chi connectivity index (χ4n) is 2.26. The molecule has 100 valence electrons. The lowest BCUT2D eigenvalue weighted by atomic mass is 10.0. The van der Waals surface area contributed by atoms with Gasteiger partial charge in [0.05, 0.1) is 0 Å². The minimum absolute atomic E-state index is 0.898. The van der Waals surface area contributed by atoms with Gasteiger partial charge in [0.25, 0.3) is 0 Å². The summed E-state index contributed by atoms with van der Waals surface area (Å²) in [5, 5.41) is 0. The van der Waals surface area contributed by atoms with Crippen molar-refractivity contribution in [1.82, 2.24) is 0 Å². The van der Waals surface area contributed by atoms with E-state index in [2.05, 4.69) is 73.8 Å². The van der Waals surface area contributed by atoms with Gasteiger partial charge in [0.1, 0.15) is 0 Å². The van der Waals surface area contributed by atoms with Gasteiger partial charge in [-0.2, -0.15) is 0 Å². The quantitative estimate of drug-likeness (QED) is 0.487. The molecule has 0 heterocycles. The van der Waals surface area contributed by atoms with E-state index in [1.807, 2.05) is 12.2 Å². The topological polar surface area (TPSA) is 0 Å². The Morgan fingerprint density at radius 1 is 0.650 bits per heavy atom. The summed E-state index contributed by atoms with van der Waals surface area (Å²) in [4.78, 5) is 0. The summed E-state index contributed by atoms with van der Waals surface area (Å²) in [7, 11) is 0. The number of allylic oxidation sites excluding steroid dienone is 2. The standard InChI is InChI=1S/C20H20/c1-3-9-17-11-5-7-13-19(17)15-16-20-14-8-6-12-18(20)10-4-2/h3-8,11-16H,1-2,9-10H2/b16-15+. The zero-order valence-corrected chi connectivity index (χ0v) is 11.8. The summed E-state index contributed by atoms with van der Waals surface area (Å²) in [6.45, 7) is 7.64. The Hall–Kier alpha value is -2.34. The van der Waals surface area contributed by atoms with Crippen LogP contribution < -0.4 is 0 Å². The van der Waals surface area contributed by atoms with Crippen LogP contribution in [0.5, 0.6) is 0 Å². The van der Waals surface area contributed by atoms with E-state index in [0.717, 1.165) is 12.8 Å². The zero-order chi connectivity index (χ0) is 14.2. The first-order valence-electron chi connectivity index (χ1n) is 6.91. The molecule has 2 aromatic carbocycles. The van der Waals surface area contributed by atoms with E-state index in [0.29, 0.717) is 0 Å². The van der Waals surface area contributed by atoms with Crippen LogP contribution in [0.4, 0.5) is 0 Å². The molecule has 0 saturated carbocycles. The van der Waals surface area contributed by atoms with Crippen molar-refractivity contribution in [2.45, 2.75) is 12.8 Å². The minimum Gasteiger partial charge on any atom is -0.103 e. The van der Waals surface area contributed by atoms with Gasteiger partial charge in [-0.1, -0.05) is 72.8 Å². The van der Waals surface area contributed by atoms with E-state index in [4.69, 9.17) is 0 Å². The SMILES string of the molecule is C=CCc1ccccc1/C=C/c1ccccc1CC=C. The van der Waals surface area contributed by atoms with Crippen molar-refractivity contribution in [3.63, 3.8) is 0 Å². The van der Waals surface area contributed by atoms with Gasteiger partial charge in [-0.05, 0) is 35.1 Å². The number of hydrogen-bond acceptors (Lipinski definition) is 0. The zero-order valence-electron chi connectivity index (χ0n) is 11.8. The van der Waals surface area contributed by atoms with Gasteiger partial charge in [-0.3, -0.25) is 0 Å². The predicted octanol–water partition coefficient (Wildman–Crippen LogP) is 5.31. The van der Waals surface area contributed by atoms with E-state index in [9.17, 15) is 0 Å². The van der Waals surface area contributed by atoms with E-state index in [-0.39, 0.29) is 0 Å². The number of rotatable bonds is 6. The fourth-order valence-corrected chi connectivity index (χ4v) is 2.26. The molecule has 0 aromatic heterocycles. The molecule has 0 bridgehead atoms. The highest BCUT2D eigenvalue weighted by Gasteiger charge is 1.98. The molecule has 2 rings (SSSR count). The van der Waals surface area contributed by atoms with Gasteiger partial charge in [-0.25, -0.2) is 0 Å². The van der Waals surface area contributed by atoms with Crippen LogP contribution in [0.1, 0.15) is 22.3 Å². The molecule has 2 aromatic rings. The van der Waals surface area contributed by atoms with Crippen molar-refractivity contribution in [3.05, 3.63) is 96.1 Å². The fraction of sp³-hybridized carbons (Fsp3) is 0.100. The molecule has 0 saturated heterocycles. The molecule has 0 aliphatic rings. The van der Waals surface area contributed by atoms with Gasteiger partial charge in [0.15, 0.2) is 0 Å². The summed E-state index contributed by atoms with van der Waals surface area (Å²) in [5.41, 5.74) is 5.11. The highest BCUT2D eigenvalue weighted by Crippen LogP contribution is 2.17. The second-order valence-electron chi connectivity index (χ2n) is 4.72. The van der Waals surface area contributed by atoms with Gasteiger partial charge >= 0.3 is 0 Å². The van der Waals surface area contributed by atoms with Crippen LogP contribution in [0.2, 0.25) is 0 Å². The summed E-state index contributed by atoms with van der Waals surface area (Å²) >= 11 is 0. The first-order chi connectivity index (χ1) is 9.85. The normalized spacial score (nSPS) is 10.6. The molecule has 0 heteroatoms. The maximum atomic E-state index is 3.82. The molecular weight excluding hydrogens is 240 g/mol. The van der Waals surface area contributed by atoms with Crippen LogP contribution in [0.25, 0.3) is 12.2 Å². The van der Waals surface area contributed by atoms with Crippen molar-refractivity contribution in [2.24, 2.45) is 0 Å². The molecule has 0 nitrogen and oxygen atoms in total. The third kappa shape index (κ3) is 3.58. The predicted molar refractivity (Wildman–Crippen MR) is 89.6 cm³/mol. The number of hydrogen-bond donors (Lipinski definition) is 0. The monoisotopic (exact) mass is 260 g/mol. The van der Waals surface area contributed by atoms with E-state index >= 15 is 0 Å². The molecular formula is C20H20. The molecule has 0 amide bonds. The molecule has 0 fully saturated rings. The van der Waals surface area contributed by atoms with E-state index in [1.165, 1.54) is 22.3 Å². The molecule has 0 spiro atoms. The first-order valence-corrected chi connectivity index (χ1v) is 6.91. The van der Waals surface area contributed by atoms with Crippen LogP contribution in [0, 0.1) is 0 Å². The Bertz CT molecular complexity index is 562. The molecule has 0 N–H and O–H groups in total. The van der Waals surface area contributed by atoms with Crippen molar-refractivity contribution in [3.8, 4) is 0 Å². The Morgan fingerprint density at radius 2 is 1.05 bits per heavy atom. The second-order valence-corrected chi connectivity index (χ2v) is 4.72. The van der Waals surface area contributed by atoms with Crippen molar-refractivity contribution >= 4 is 12.2 Å². The van der Waals surface area contributed by atoms with Crippen LogP contribution in [0.3, 0.4) is 0 Å². The lowest BCUT2D eigenvalue weighted by Crippen LogP contribution is -1.87. The highest BCUT2D eigenvalue weighted by atomic mass is 14.0. The van der Waals surface area contributed by atoms with Gasteiger partial charge in [-0.15, -0.1) is 13.2 Å². The lowest BCUT2D eigenvalue weighted by molar-refractivity contribution is 1.26. The molecule has 20 heavy (non-hydrogen) atoms. The van der Waals surface area contributed by atoms with Crippen LogP contribution in [-0.2, 0) is 12.8 Å². The third-order valence-corrected chi connectivity index (χ3v) is 3.28. The number of benzene rings is 2. The third-order valence-electron chi connectivity index (χ3n) is 3.28. The maximum Gasteiger partial charge on any atom is -0.00942 e. The summed E-state index contributed by atoms with van der Waals surface area (Å²) in [6.07, 6.45) is 10.0. The largest absolute Gasteiger partial charge is 0.103 e. The Kier molecular flexibility index (Phi) is 5.14. The van der Waals surface area contributed by atoms with Crippen molar-refractivity contribution in [1.29, 1.82) is 0 Å². The Labute approximate surface area is 121 Å². The molecule has 0 unspecified atom stereocenters. The van der Waals surface area contributed by atoms with Gasteiger partial charge in [0.2, 0.25) is 0 Å². The summed E-state index contributed by atoms with van der Waals surface area (Å²) < 4.78 is 0. The minimum atomic E-state index is 0.898. The van der Waals surface area contributed by atoms with E-state index in [1.54, 1.807) is 0 Å². The molecule has 0 atom stereocenters. The lowest BCUT2D eigenvalue weighted by Gasteiger charge is -2.05. The van der Waals surface area contributed by atoms with Gasteiger partial charge in [0, 0.05) is 0 Å². The molecule has 0 radical (unpaired) electrons. The van der Waals surface area contributed by atoms with Gasteiger partial charge < -0.3 is 0 Å². The summed E-state index contributed by atoms with van der Waals surface area (Å²) in [5.74, 6) is 0. The Balaban J connectivity index is 2.29. The molecule has 0 aliphatic carbocycles. The van der Waals surface area contributed by atoms with Crippen LogP contribution in [-0.4, -0.2) is 0 Å². The van der Waals surface area contributed by atoms with E-state index < -0.39 is 0 Å². The van der Waals surface area contributed by atoms with Crippen LogP contribution >= 0.6 is 0 Å². The molecule has 0 aliphatic heterocycles. The Morgan fingerprint density at radius 3 is 1.45 bits per heavy atom. The average Bonchev–Trinajstić information content (AvgIpc) is 2.48.